The lowest BCUT2D eigenvalue weighted by atomic mass is 10.1. The number of amides is 1. The molecule has 1 unspecified atom stereocenters. The summed E-state index contributed by atoms with van der Waals surface area (Å²) in [4.78, 5) is 22.8. The molecule has 0 spiro atoms. The maximum Gasteiger partial charge on any atom is 0.315 e. The molecule has 1 aromatic carbocycles. The molecule has 0 radical (unpaired) electrons. The van der Waals surface area contributed by atoms with Crippen LogP contribution in [0.3, 0.4) is 0 Å². The normalized spacial score (nSPS) is 12.0. The third-order valence-electron chi connectivity index (χ3n) is 3.57. The first-order chi connectivity index (χ1) is 10.5. The van der Waals surface area contributed by atoms with Gasteiger partial charge < -0.3 is 10.4 Å². The number of aryl methyl sites for hydroxylation is 1. The van der Waals surface area contributed by atoms with Crippen LogP contribution >= 0.6 is 0 Å². The van der Waals surface area contributed by atoms with Crippen molar-refractivity contribution in [3.8, 4) is 5.69 Å². The van der Waals surface area contributed by atoms with E-state index in [0.717, 1.165) is 16.9 Å². The summed E-state index contributed by atoms with van der Waals surface area (Å²) in [6.07, 6.45) is 2.21. The Hall–Kier alpha value is -2.63. The second-order valence-electron chi connectivity index (χ2n) is 5.11. The summed E-state index contributed by atoms with van der Waals surface area (Å²) >= 11 is 0. The minimum Gasteiger partial charge on any atom is -0.481 e. The first kappa shape index (κ1) is 15.8. The van der Waals surface area contributed by atoms with Crippen LogP contribution in [0.5, 0.6) is 0 Å². The van der Waals surface area contributed by atoms with E-state index in [1.165, 1.54) is 6.92 Å². The van der Waals surface area contributed by atoms with Gasteiger partial charge in [0.1, 0.15) is 5.92 Å². The number of benzene rings is 1. The van der Waals surface area contributed by atoms with Gasteiger partial charge in [-0.15, -0.1) is 0 Å². The number of para-hydroxylation sites is 1. The highest BCUT2D eigenvalue weighted by molar-refractivity contribution is 6.04. The van der Waals surface area contributed by atoms with Gasteiger partial charge in [-0.25, -0.2) is 4.68 Å². The molecule has 0 aliphatic heterocycles. The van der Waals surface area contributed by atoms with E-state index in [1.807, 2.05) is 38.1 Å². The molecule has 2 rings (SSSR count). The van der Waals surface area contributed by atoms with Crippen molar-refractivity contribution in [2.75, 3.05) is 5.32 Å². The number of carbonyl (C=O) groups is 2. The second-order valence-corrected chi connectivity index (χ2v) is 5.11. The van der Waals surface area contributed by atoms with E-state index in [0.29, 0.717) is 12.1 Å². The Labute approximate surface area is 128 Å². The molecule has 6 nitrogen and oxygen atoms in total. The fourth-order valence-corrected chi connectivity index (χ4v) is 2.18. The highest BCUT2D eigenvalue weighted by Gasteiger charge is 2.22. The van der Waals surface area contributed by atoms with Gasteiger partial charge in [0.2, 0.25) is 5.91 Å². The molecule has 6 heteroatoms. The van der Waals surface area contributed by atoms with Gasteiger partial charge in [-0.05, 0) is 31.9 Å². The van der Waals surface area contributed by atoms with Gasteiger partial charge in [-0.2, -0.15) is 5.10 Å². The zero-order valence-electron chi connectivity index (χ0n) is 12.8. The number of aliphatic carboxylic acids is 1. The third-order valence-corrected chi connectivity index (χ3v) is 3.57. The van der Waals surface area contributed by atoms with Gasteiger partial charge in [0, 0.05) is 0 Å². The minimum atomic E-state index is -1.15. The maximum absolute atomic E-state index is 11.9. The molecule has 0 saturated heterocycles. The van der Waals surface area contributed by atoms with E-state index in [-0.39, 0.29) is 0 Å². The molecule has 0 aliphatic rings. The number of hydrogen-bond donors (Lipinski definition) is 2. The number of anilines is 1. The Bertz CT molecular complexity index is 706. The lowest BCUT2D eigenvalue weighted by molar-refractivity contribution is -0.144. The number of nitrogens with one attached hydrogen (secondary N) is 1. The van der Waals surface area contributed by atoms with Crippen LogP contribution in [0.15, 0.2) is 30.5 Å². The molecule has 0 aliphatic carbocycles. The highest BCUT2D eigenvalue weighted by Crippen LogP contribution is 2.22. The van der Waals surface area contributed by atoms with E-state index >= 15 is 0 Å². The van der Waals surface area contributed by atoms with Crippen LogP contribution in [-0.4, -0.2) is 26.8 Å². The molecule has 0 fully saturated rings. The number of carboxylic acid groups (broad SMARTS) is 1. The van der Waals surface area contributed by atoms with Crippen LogP contribution in [0.25, 0.3) is 5.69 Å². The minimum absolute atomic E-state index is 0.545. The topological polar surface area (TPSA) is 84.2 Å². The molecule has 0 bridgehead atoms. The van der Waals surface area contributed by atoms with E-state index in [9.17, 15) is 9.59 Å². The summed E-state index contributed by atoms with van der Waals surface area (Å²) < 4.78 is 1.77. The molecule has 22 heavy (non-hydrogen) atoms. The van der Waals surface area contributed by atoms with Gasteiger partial charge in [-0.3, -0.25) is 9.59 Å². The second kappa shape index (κ2) is 6.43. The van der Waals surface area contributed by atoms with Gasteiger partial charge in [0.05, 0.1) is 23.3 Å². The van der Waals surface area contributed by atoms with Crippen molar-refractivity contribution in [1.29, 1.82) is 0 Å². The lowest BCUT2D eigenvalue weighted by Gasteiger charge is -2.12. The molecule has 2 N–H and O–H groups in total. The van der Waals surface area contributed by atoms with Gasteiger partial charge in [0.15, 0.2) is 0 Å². The summed E-state index contributed by atoms with van der Waals surface area (Å²) in [6, 6.07) is 7.81. The van der Waals surface area contributed by atoms with Crippen molar-refractivity contribution in [3.63, 3.8) is 0 Å². The van der Waals surface area contributed by atoms with Gasteiger partial charge >= 0.3 is 5.97 Å². The standard InChI is InChI=1S/C16H19N3O3/c1-4-13-12(18-15(20)11(3)16(21)22)9-17-19(13)14-8-6-5-7-10(14)2/h5-9,11H,4H2,1-3H3,(H,18,20)(H,21,22). The van der Waals surface area contributed by atoms with E-state index < -0.39 is 17.8 Å². The number of carbonyl (C=O) groups excluding carboxylic acids is 1. The van der Waals surface area contributed by atoms with Crippen LogP contribution in [0.2, 0.25) is 0 Å². The summed E-state index contributed by atoms with van der Waals surface area (Å²) in [5.74, 6) is -2.81. The van der Waals surface area contributed by atoms with Gasteiger partial charge in [0.25, 0.3) is 0 Å². The van der Waals surface area contributed by atoms with Crippen molar-refractivity contribution in [2.45, 2.75) is 27.2 Å². The lowest BCUT2D eigenvalue weighted by Crippen LogP contribution is -2.27. The summed E-state index contributed by atoms with van der Waals surface area (Å²) in [6.45, 7) is 5.30. The molecule has 2 aromatic rings. The number of hydrogen-bond acceptors (Lipinski definition) is 3. The molecule has 1 aromatic heterocycles. The number of carboxylic acids is 1. The third kappa shape index (κ3) is 3.00. The molecule has 1 heterocycles. The smallest absolute Gasteiger partial charge is 0.315 e. The average Bonchev–Trinajstić information content (AvgIpc) is 2.89. The van der Waals surface area contributed by atoms with Crippen LogP contribution in [0.4, 0.5) is 5.69 Å². The predicted octanol–water partition coefficient (Wildman–Crippen LogP) is 2.40. The fourth-order valence-electron chi connectivity index (χ4n) is 2.18. The van der Waals surface area contributed by atoms with Crippen molar-refractivity contribution >= 4 is 17.6 Å². The van der Waals surface area contributed by atoms with Gasteiger partial charge in [-0.1, -0.05) is 25.1 Å². The van der Waals surface area contributed by atoms with E-state index in [4.69, 9.17) is 5.11 Å². The molecule has 116 valence electrons. The first-order valence-electron chi connectivity index (χ1n) is 7.12. The zero-order chi connectivity index (χ0) is 16.3. The molecule has 1 amide bonds. The Morgan fingerprint density at radius 2 is 2.05 bits per heavy atom. The largest absolute Gasteiger partial charge is 0.481 e. The van der Waals surface area contributed by atoms with Crippen molar-refractivity contribution in [2.24, 2.45) is 5.92 Å². The Morgan fingerprint density at radius 1 is 1.36 bits per heavy atom. The van der Waals surface area contributed by atoms with Crippen LogP contribution in [-0.2, 0) is 16.0 Å². The Kier molecular flexibility index (Phi) is 4.60. The molecular weight excluding hydrogens is 282 g/mol. The SMILES string of the molecule is CCc1c(NC(=O)C(C)C(=O)O)cnn1-c1ccccc1C. The molecule has 0 saturated carbocycles. The average molecular weight is 301 g/mol. The van der Waals surface area contributed by atoms with E-state index in [2.05, 4.69) is 10.4 Å². The zero-order valence-corrected chi connectivity index (χ0v) is 12.8. The molecular formula is C16H19N3O3. The predicted molar refractivity (Wildman–Crippen MR) is 83.1 cm³/mol. The highest BCUT2D eigenvalue weighted by atomic mass is 16.4. The quantitative estimate of drug-likeness (QED) is 0.831. The van der Waals surface area contributed by atoms with Crippen molar-refractivity contribution < 1.29 is 14.7 Å². The van der Waals surface area contributed by atoms with Crippen molar-refractivity contribution in [3.05, 3.63) is 41.7 Å². The number of nitrogens with zero attached hydrogens (tertiary/aromatic N) is 2. The van der Waals surface area contributed by atoms with E-state index in [1.54, 1.807) is 10.9 Å². The Morgan fingerprint density at radius 3 is 2.64 bits per heavy atom. The van der Waals surface area contributed by atoms with Crippen LogP contribution < -0.4 is 5.32 Å². The van der Waals surface area contributed by atoms with Crippen LogP contribution in [0, 0.1) is 12.8 Å². The summed E-state index contributed by atoms with van der Waals surface area (Å²) in [5, 5.41) is 15.9. The Balaban J connectivity index is 2.35. The van der Waals surface area contributed by atoms with Crippen LogP contribution in [0.1, 0.15) is 25.1 Å². The maximum atomic E-state index is 11.9. The number of rotatable bonds is 5. The number of aromatic nitrogens is 2. The molecule has 1 atom stereocenters. The fraction of sp³-hybridized carbons (Fsp3) is 0.312. The van der Waals surface area contributed by atoms with Crippen molar-refractivity contribution in [1.82, 2.24) is 9.78 Å². The summed E-state index contributed by atoms with van der Waals surface area (Å²) in [7, 11) is 0. The summed E-state index contributed by atoms with van der Waals surface area (Å²) in [5.41, 5.74) is 3.38. The first-order valence-corrected chi connectivity index (χ1v) is 7.12. The monoisotopic (exact) mass is 301 g/mol.